The molecule has 2 aromatic rings. The van der Waals surface area contributed by atoms with Crippen molar-refractivity contribution in [1.82, 2.24) is 15.1 Å². The van der Waals surface area contributed by atoms with Crippen molar-refractivity contribution in [3.05, 3.63) is 23.9 Å². The van der Waals surface area contributed by atoms with Crippen LogP contribution in [0.4, 0.5) is 5.69 Å². The summed E-state index contributed by atoms with van der Waals surface area (Å²) in [5.41, 5.74) is 3.63. The van der Waals surface area contributed by atoms with E-state index in [1.54, 1.807) is 6.92 Å². The first kappa shape index (κ1) is 13.9. The molecule has 1 aliphatic heterocycles. The van der Waals surface area contributed by atoms with Crippen LogP contribution >= 0.6 is 0 Å². The Morgan fingerprint density at radius 2 is 1.95 bits per heavy atom. The van der Waals surface area contributed by atoms with Gasteiger partial charge in [-0.05, 0) is 23.6 Å². The van der Waals surface area contributed by atoms with E-state index in [0.717, 1.165) is 37.1 Å². The lowest BCUT2D eigenvalue weighted by Crippen LogP contribution is -2.48. The number of aromatic amines is 1. The van der Waals surface area contributed by atoms with Gasteiger partial charge in [0.1, 0.15) is 0 Å². The molecule has 1 amide bonds. The summed E-state index contributed by atoms with van der Waals surface area (Å²) >= 11 is 0. The smallest absolute Gasteiger partial charge is 0.219 e. The van der Waals surface area contributed by atoms with Crippen molar-refractivity contribution in [2.75, 3.05) is 31.1 Å². The second kappa shape index (κ2) is 5.39. The van der Waals surface area contributed by atoms with Gasteiger partial charge in [-0.3, -0.25) is 9.89 Å². The highest BCUT2D eigenvalue weighted by Gasteiger charge is 2.21. The van der Waals surface area contributed by atoms with Gasteiger partial charge in [-0.2, -0.15) is 5.10 Å². The molecule has 0 atom stereocenters. The molecule has 1 aliphatic rings. The van der Waals surface area contributed by atoms with Gasteiger partial charge in [-0.15, -0.1) is 0 Å². The summed E-state index contributed by atoms with van der Waals surface area (Å²) in [7, 11) is 0. The van der Waals surface area contributed by atoms with Crippen LogP contribution in [0.25, 0.3) is 10.9 Å². The summed E-state index contributed by atoms with van der Waals surface area (Å²) in [5, 5.41) is 8.43. The molecular formula is C16H22N4O. The van der Waals surface area contributed by atoms with Crippen LogP contribution in [0.1, 0.15) is 32.3 Å². The van der Waals surface area contributed by atoms with E-state index in [4.69, 9.17) is 0 Å². The van der Waals surface area contributed by atoms with Gasteiger partial charge in [0.05, 0.1) is 11.7 Å². The highest BCUT2D eigenvalue weighted by atomic mass is 16.2. The molecule has 5 heteroatoms. The fraction of sp³-hybridized carbons (Fsp3) is 0.500. The average molecular weight is 286 g/mol. The molecule has 3 rings (SSSR count). The molecule has 0 saturated carbocycles. The van der Waals surface area contributed by atoms with Crippen molar-refractivity contribution < 1.29 is 4.79 Å². The number of carbonyl (C=O) groups is 1. The summed E-state index contributed by atoms with van der Waals surface area (Å²) in [5.74, 6) is 0.647. The number of piperazine rings is 1. The monoisotopic (exact) mass is 286 g/mol. The van der Waals surface area contributed by atoms with E-state index in [1.807, 2.05) is 11.1 Å². The van der Waals surface area contributed by atoms with E-state index in [-0.39, 0.29) is 5.91 Å². The van der Waals surface area contributed by atoms with Crippen LogP contribution in [0.15, 0.2) is 18.3 Å². The van der Waals surface area contributed by atoms with E-state index >= 15 is 0 Å². The zero-order valence-corrected chi connectivity index (χ0v) is 12.9. The van der Waals surface area contributed by atoms with Gasteiger partial charge in [-0.1, -0.05) is 13.8 Å². The third-order valence-electron chi connectivity index (χ3n) is 4.29. The number of H-pyrrole nitrogens is 1. The number of aromatic nitrogens is 2. The Kier molecular flexibility index (Phi) is 3.57. The molecule has 2 heterocycles. The second-order valence-corrected chi connectivity index (χ2v) is 6.02. The summed E-state index contributed by atoms with van der Waals surface area (Å²) in [4.78, 5) is 15.7. The minimum Gasteiger partial charge on any atom is -0.367 e. The van der Waals surface area contributed by atoms with Crippen molar-refractivity contribution in [2.45, 2.75) is 26.7 Å². The fourth-order valence-electron chi connectivity index (χ4n) is 2.91. The number of nitrogens with one attached hydrogen (secondary N) is 1. The second-order valence-electron chi connectivity index (χ2n) is 6.02. The minimum atomic E-state index is 0.166. The van der Waals surface area contributed by atoms with Crippen LogP contribution in [-0.2, 0) is 4.79 Å². The van der Waals surface area contributed by atoms with Crippen LogP contribution in [0.3, 0.4) is 0 Å². The first-order valence-electron chi connectivity index (χ1n) is 7.53. The van der Waals surface area contributed by atoms with Crippen LogP contribution in [0.2, 0.25) is 0 Å². The molecule has 0 bridgehead atoms. The molecule has 1 N–H and O–H groups in total. The Hall–Kier alpha value is -2.04. The number of anilines is 1. The predicted octanol–water partition coefficient (Wildman–Crippen LogP) is 2.35. The number of carbonyl (C=O) groups excluding carboxylic acids is 1. The van der Waals surface area contributed by atoms with Gasteiger partial charge in [0.25, 0.3) is 0 Å². The summed E-state index contributed by atoms with van der Waals surface area (Å²) < 4.78 is 0. The number of fused-ring (bicyclic) bond motifs is 1. The molecule has 0 radical (unpaired) electrons. The molecule has 1 fully saturated rings. The molecule has 5 nitrogen and oxygen atoms in total. The molecular weight excluding hydrogens is 264 g/mol. The van der Waals surface area contributed by atoms with E-state index in [0.29, 0.717) is 5.92 Å². The van der Waals surface area contributed by atoms with Crippen LogP contribution < -0.4 is 4.90 Å². The lowest BCUT2D eigenvalue weighted by Gasteiger charge is -2.36. The largest absolute Gasteiger partial charge is 0.367 e. The minimum absolute atomic E-state index is 0.166. The zero-order chi connectivity index (χ0) is 15.0. The van der Waals surface area contributed by atoms with Gasteiger partial charge >= 0.3 is 0 Å². The third kappa shape index (κ3) is 2.60. The Morgan fingerprint density at radius 3 is 2.57 bits per heavy atom. The molecule has 1 aromatic heterocycles. The van der Waals surface area contributed by atoms with Gasteiger partial charge in [0, 0.05) is 44.2 Å². The number of hydrogen-bond acceptors (Lipinski definition) is 3. The standard InChI is InChI=1S/C16H22N4O/c1-11(2)13-8-15-14(10-17-18-15)16(9-13)20-6-4-19(5-7-20)12(3)21/h8-11H,4-7H2,1-3H3,(H,17,18). The number of benzene rings is 1. The van der Waals surface area contributed by atoms with Crippen LogP contribution in [-0.4, -0.2) is 47.2 Å². The van der Waals surface area contributed by atoms with E-state index < -0.39 is 0 Å². The zero-order valence-electron chi connectivity index (χ0n) is 12.9. The van der Waals surface area contributed by atoms with Gasteiger partial charge in [-0.25, -0.2) is 0 Å². The lowest BCUT2D eigenvalue weighted by molar-refractivity contribution is -0.129. The lowest BCUT2D eigenvalue weighted by atomic mass is 10.00. The maximum Gasteiger partial charge on any atom is 0.219 e. The highest BCUT2D eigenvalue weighted by molar-refractivity contribution is 5.92. The Morgan fingerprint density at radius 1 is 1.24 bits per heavy atom. The van der Waals surface area contributed by atoms with Crippen molar-refractivity contribution in [3.8, 4) is 0 Å². The molecule has 0 aliphatic carbocycles. The number of rotatable bonds is 2. The SMILES string of the molecule is CC(=O)N1CCN(c2cc(C(C)C)cc3[nH]ncc23)CC1. The Balaban J connectivity index is 1.93. The summed E-state index contributed by atoms with van der Waals surface area (Å²) in [6, 6.07) is 4.45. The van der Waals surface area contributed by atoms with Crippen molar-refractivity contribution in [3.63, 3.8) is 0 Å². The Bertz CT molecular complexity index is 653. The maximum atomic E-state index is 11.4. The highest BCUT2D eigenvalue weighted by Crippen LogP contribution is 2.31. The topological polar surface area (TPSA) is 52.2 Å². The third-order valence-corrected chi connectivity index (χ3v) is 4.29. The number of amides is 1. The average Bonchev–Trinajstić information content (AvgIpc) is 2.94. The van der Waals surface area contributed by atoms with E-state index in [1.165, 1.54) is 11.3 Å². The quantitative estimate of drug-likeness (QED) is 0.922. The van der Waals surface area contributed by atoms with Gasteiger partial charge in [0.15, 0.2) is 0 Å². The van der Waals surface area contributed by atoms with Crippen molar-refractivity contribution in [2.24, 2.45) is 0 Å². The van der Waals surface area contributed by atoms with Crippen molar-refractivity contribution in [1.29, 1.82) is 0 Å². The first-order chi connectivity index (χ1) is 10.1. The molecule has 112 valence electrons. The van der Waals surface area contributed by atoms with Crippen LogP contribution in [0.5, 0.6) is 0 Å². The fourth-order valence-corrected chi connectivity index (χ4v) is 2.91. The van der Waals surface area contributed by atoms with Gasteiger partial charge in [0.2, 0.25) is 5.91 Å². The van der Waals surface area contributed by atoms with E-state index in [9.17, 15) is 4.79 Å². The molecule has 0 spiro atoms. The predicted molar refractivity (Wildman–Crippen MR) is 84.6 cm³/mol. The van der Waals surface area contributed by atoms with E-state index in [2.05, 4.69) is 41.1 Å². The van der Waals surface area contributed by atoms with Crippen molar-refractivity contribution >= 4 is 22.5 Å². The Labute approximate surface area is 124 Å². The first-order valence-corrected chi connectivity index (χ1v) is 7.53. The number of hydrogen-bond donors (Lipinski definition) is 1. The summed E-state index contributed by atoms with van der Waals surface area (Å²) in [6.07, 6.45) is 1.89. The van der Waals surface area contributed by atoms with Crippen LogP contribution in [0, 0.1) is 0 Å². The molecule has 0 unspecified atom stereocenters. The maximum absolute atomic E-state index is 11.4. The van der Waals surface area contributed by atoms with Gasteiger partial charge < -0.3 is 9.80 Å². The molecule has 1 aromatic carbocycles. The molecule has 21 heavy (non-hydrogen) atoms. The number of nitrogens with zero attached hydrogens (tertiary/aromatic N) is 3. The summed E-state index contributed by atoms with van der Waals surface area (Å²) in [6.45, 7) is 9.39. The molecule has 1 saturated heterocycles. The normalized spacial score (nSPS) is 16.0.